The summed E-state index contributed by atoms with van der Waals surface area (Å²) in [6, 6.07) is 0. The molecule has 0 aromatic heterocycles. The van der Waals surface area contributed by atoms with Gasteiger partial charge in [0.25, 0.3) is 0 Å². The highest BCUT2D eigenvalue weighted by atomic mass is 32.2. The second kappa shape index (κ2) is 5.20. The minimum Gasteiger partial charge on any atom is -0.354 e. The van der Waals surface area contributed by atoms with Crippen molar-refractivity contribution in [3.8, 4) is 0 Å². The van der Waals surface area contributed by atoms with Crippen molar-refractivity contribution in [3.63, 3.8) is 0 Å². The Kier molecular flexibility index (Phi) is 4.80. The molecule has 0 unspecified atom stereocenters. The molecule has 0 spiro atoms. The number of carbonyl (C=O) groups is 2. The summed E-state index contributed by atoms with van der Waals surface area (Å²) in [5, 5.41) is -3.46. The molecule has 0 saturated carbocycles. The van der Waals surface area contributed by atoms with Crippen LogP contribution in [0.5, 0.6) is 0 Å². The van der Waals surface area contributed by atoms with Gasteiger partial charge in [-0.2, -0.15) is 16.8 Å². The quantitative estimate of drug-likeness (QED) is 0.421. The predicted octanol–water partition coefficient (Wildman–Crippen LogP) is -2.16. The molecule has 0 atom stereocenters. The molecule has 0 aromatic carbocycles. The Bertz CT molecular complexity index is 430. The summed E-state index contributed by atoms with van der Waals surface area (Å²) in [5.74, 6) is 0. The van der Waals surface area contributed by atoms with Gasteiger partial charge in [0.2, 0.25) is 0 Å². The molecule has 10 nitrogen and oxygen atoms in total. The van der Waals surface area contributed by atoms with Crippen LogP contribution in [-0.2, 0) is 28.6 Å². The first-order chi connectivity index (χ1) is 7.09. The van der Waals surface area contributed by atoms with E-state index in [4.69, 9.17) is 0 Å². The predicted molar refractivity (Wildman–Crippen MR) is 48.9 cm³/mol. The van der Waals surface area contributed by atoms with E-state index in [1.807, 2.05) is 0 Å². The number of rotatable bonds is 5. The van der Waals surface area contributed by atoms with Crippen molar-refractivity contribution in [1.82, 2.24) is 0 Å². The summed E-state index contributed by atoms with van der Waals surface area (Å²) in [4.78, 5) is 20.4. The standard InChI is InChI=1S/C4H8N2O8S2/c5-3(7)15(9,10)13-1-2-14-16(11,12)4(6)8/h1-2H2,(H2,5,7)(H2,6,8). The lowest BCUT2D eigenvalue weighted by molar-refractivity contribution is 0.218. The first kappa shape index (κ1) is 14.8. The van der Waals surface area contributed by atoms with Crippen molar-refractivity contribution in [3.05, 3.63) is 0 Å². The third-order valence-corrected chi connectivity index (χ3v) is 2.99. The molecule has 94 valence electrons. The largest absolute Gasteiger partial charge is 0.361 e. The van der Waals surface area contributed by atoms with Crippen LogP contribution in [0.2, 0.25) is 0 Å². The second-order valence-electron chi connectivity index (χ2n) is 2.19. The van der Waals surface area contributed by atoms with E-state index in [-0.39, 0.29) is 0 Å². The topological polar surface area (TPSA) is 173 Å². The molecule has 2 amide bonds. The smallest absolute Gasteiger partial charge is 0.354 e. The fourth-order valence-corrected chi connectivity index (χ4v) is 1.21. The zero-order valence-corrected chi connectivity index (χ0v) is 9.28. The number of amides is 2. The Labute approximate surface area is 90.7 Å². The molecule has 0 aliphatic carbocycles. The first-order valence-corrected chi connectivity index (χ1v) is 6.29. The van der Waals surface area contributed by atoms with E-state index >= 15 is 0 Å². The van der Waals surface area contributed by atoms with Crippen LogP contribution in [0.3, 0.4) is 0 Å². The number of hydrogen-bond donors (Lipinski definition) is 2. The highest BCUT2D eigenvalue weighted by Gasteiger charge is 2.22. The fourth-order valence-electron chi connectivity index (χ4n) is 0.404. The van der Waals surface area contributed by atoms with E-state index in [1.165, 1.54) is 0 Å². The summed E-state index contributed by atoms with van der Waals surface area (Å²) >= 11 is 0. The van der Waals surface area contributed by atoms with Crippen molar-refractivity contribution < 1.29 is 34.8 Å². The SMILES string of the molecule is NC(=O)S(=O)(=O)OCCOS(=O)(=O)C(N)=O. The van der Waals surface area contributed by atoms with Gasteiger partial charge in [-0.3, -0.25) is 18.0 Å². The molecule has 0 rings (SSSR count). The van der Waals surface area contributed by atoms with E-state index in [1.54, 1.807) is 0 Å². The highest BCUT2D eigenvalue weighted by Crippen LogP contribution is 1.96. The molecule has 0 radical (unpaired) electrons. The van der Waals surface area contributed by atoms with Crippen LogP contribution < -0.4 is 11.5 Å². The highest BCUT2D eigenvalue weighted by molar-refractivity contribution is 8.02. The number of carbonyl (C=O) groups excluding carboxylic acids is 2. The molecule has 12 heteroatoms. The maximum atomic E-state index is 10.6. The molecular formula is C4H8N2O8S2. The maximum absolute atomic E-state index is 10.6. The second-order valence-corrected chi connectivity index (χ2v) is 5.28. The zero-order valence-electron chi connectivity index (χ0n) is 7.65. The summed E-state index contributed by atoms with van der Waals surface area (Å²) in [6.07, 6.45) is 0. The van der Waals surface area contributed by atoms with Crippen molar-refractivity contribution in [1.29, 1.82) is 0 Å². The van der Waals surface area contributed by atoms with Crippen molar-refractivity contribution >= 4 is 30.7 Å². The normalized spacial score (nSPS) is 12.2. The molecule has 0 fully saturated rings. The van der Waals surface area contributed by atoms with Gasteiger partial charge in [0.15, 0.2) is 0 Å². The molecule has 0 bridgehead atoms. The Hall–Kier alpha value is -1.24. The lowest BCUT2D eigenvalue weighted by atomic mass is 10.8. The van der Waals surface area contributed by atoms with Crippen LogP contribution in [-0.4, -0.2) is 40.5 Å². The minimum absolute atomic E-state index is 0.808. The van der Waals surface area contributed by atoms with Gasteiger partial charge in [-0.15, -0.1) is 0 Å². The summed E-state index contributed by atoms with van der Waals surface area (Å²) < 4.78 is 50.2. The Morgan fingerprint density at radius 3 is 1.25 bits per heavy atom. The van der Waals surface area contributed by atoms with Gasteiger partial charge in [0.1, 0.15) is 0 Å². The number of nitrogens with two attached hydrogens (primary N) is 2. The first-order valence-electron chi connectivity index (χ1n) is 3.47. The summed E-state index contributed by atoms with van der Waals surface area (Å²) in [5.41, 5.74) is 8.80. The maximum Gasteiger partial charge on any atom is 0.361 e. The third-order valence-electron chi connectivity index (χ3n) is 1.05. The van der Waals surface area contributed by atoms with Crippen LogP contribution in [0, 0.1) is 0 Å². The minimum atomic E-state index is -4.59. The lowest BCUT2D eigenvalue weighted by Crippen LogP contribution is -2.28. The number of primary amides is 2. The van der Waals surface area contributed by atoms with Crippen molar-refractivity contribution in [2.24, 2.45) is 11.5 Å². The van der Waals surface area contributed by atoms with Gasteiger partial charge in [0.05, 0.1) is 13.2 Å². The van der Waals surface area contributed by atoms with E-state index in [0.29, 0.717) is 0 Å². The molecule has 4 N–H and O–H groups in total. The molecule has 0 saturated heterocycles. The van der Waals surface area contributed by atoms with Gasteiger partial charge in [-0.25, -0.2) is 0 Å². The van der Waals surface area contributed by atoms with Crippen molar-refractivity contribution in [2.75, 3.05) is 13.2 Å². The molecule has 0 heterocycles. The Morgan fingerprint density at radius 2 is 1.06 bits per heavy atom. The summed E-state index contributed by atoms with van der Waals surface area (Å²) in [6.45, 7) is -1.62. The fraction of sp³-hybridized carbons (Fsp3) is 0.500. The van der Waals surface area contributed by atoms with E-state index in [2.05, 4.69) is 19.8 Å². The van der Waals surface area contributed by atoms with Gasteiger partial charge < -0.3 is 11.5 Å². The van der Waals surface area contributed by atoms with Crippen LogP contribution in [0.15, 0.2) is 0 Å². The molecule has 0 aliphatic heterocycles. The van der Waals surface area contributed by atoms with Gasteiger partial charge in [0, 0.05) is 0 Å². The third kappa shape index (κ3) is 4.52. The van der Waals surface area contributed by atoms with Gasteiger partial charge >= 0.3 is 30.7 Å². The van der Waals surface area contributed by atoms with Crippen LogP contribution in [0.25, 0.3) is 0 Å². The van der Waals surface area contributed by atoms with Crippen LogP contribution in [0.4, 0.5) is 9.59 Å². The van der Waals surface area contributed by atoms with E-state index in [0.717, 1.165) is 0 Å². The Morgan fingerprint density at radius 1 is 0.812 bits per heavy atom. The molecule has 16 heavy (non-hydrogen) atoms. The zero-order chi connectivity index (χ0) is 13.0. The Balaban J connectivity index is 4.15. The monoisotopic (exact) mass is 276 g/mol. The van der Waals surface area contributed by atoms with Gasteiger partial charge in [-0.05, 0) is 0 Å². The molecule has 0 aliphatic rings. The average molecular weight is 276 g/mol. The van der Waals surface area contributed by atoms with E-state index < -0.39 is 43.9 Å². The van der Waals surface area contributed by atoms with Crippen molar-refractivity contribution in [2.45, 2.75) is 0 Å². The summed E-state index contributed by atoms with van der Waals surface area (Å²) in [7, 11) is -9.18. The number of hydrogen-bond acceptors (Lipinski definition) is 8. The molecular weight excluding hydrogens is 268 g/mol. The van der Waals surface area contributed by atoms with Crippen LogP contribution in [0.1, 0.15) is 0 Å². The van der Waals surface area contributed by atoms with Gasteiger partial charge in [-0.1, -0.05) is 0 Å². The molecule has 0 aromatic rings. The average Bonchev–Trinajstić information content (AvgIpc) is 2.12. The van der Waals surface area contributed by atoms with E-state index in [9.17, 15) is 26.4 Å². The lowest BCUT2D eigenvalue weighted by Gasteiger charge is -2.02. The van der Waals surface area contributed by atoms with Crippen LogP contribution >= 0.6 is 0 Å².